The fraction of sp³-hybridized carbons (Fsp3) is 0.346. The summed E-state index contributed by atoms with van der Waals surface area (Å²) in [4.78, 5) is 4.10. The molecule has 1 saturated carbocycles. The number of aliphatic imine (C=N–C) groups is 1. The van der Waals surface area contributed by atoms with Gasteiger partial charge in [0.1, 0.15) is 5.82 Å². The van der Waals surface area contributed by atoms with Gasteiger partial charge in [-0.3, -0.25) is 4.99 Å². The summed E-state index contributed by atoms with van der Waals surface area (Å²) in [6.45, 7) is 7.81. The van der Waals surface area contributed by atoms with E-state index in [0.29, 0.717) is 28.8 Å². The summed E-state index contributed by atoms with van der Waals surface area (Å²) < 4.78 is 19.7. The number of benzene rings is 2. The molecule has 2 aromatic carbocycles. The highest BCUT2D eigenvalue weighted by Gasteiger charge is 2.29. The molecule has 7 heteroatoms. The molecule has 0 amide bonds. The highest BCUT2D eigenvalue weighted by molar-refractivity contribution is 6.30. The van der Waals surface area contributed by atoms with Gasteiger partial charge in [-0.05, 0) is 106 Å². The molecule has 3 aromatic rings. The molecule has 1 aromatic heterocycles. The lowest BCUT2D eigenvalue weighted by Gasteiger charge is -2.33. The molecule has 0 saturated heterocycles. The minimum atomic E-state index is -0.249. The molecule has 0 aliphatic heterocycles. The molecule has 1 fully saturated rings. The van der Waals surface area contributed by atoms with Gasteiger partial charge in [0.2, 0.25) is 5.89 Å². The monoisotopic (exact) mass is 466 g/mol. The number of aromatic nitrogens is 2. The quantitative estimate of drug-likeness (QED) is 0.364. The first-order valence-electron chi connectivity index (χ1n) is 11.3. The van der Waals surface area contributed by atoms with E-state index in [1.807, 2.05) is 19.1 Å². The summed E-state index contributed by atoms with van der Waals surface area (Å²) in [6, 6.07) is 12.6. The van der Waals surface area contributed by atoms with Crippen molar-refractivity contribution in [3.05, 3.63) is 64.9 Å². The number of rotatable bonds is 7. The second-order valence-corrected chi connectivity index (χ2v) is 8.96. The summed E-state index contributed by atoms with van der Waals surface area (Å²) in [5.74, 6) is 1.07. The van der Waals surface area contributed by atoms with E-state index >= 15 is 0 Å². The van der Waals surface area contributed by atoms with E-state index in [1.54, 1.807) is 24.3 Å². The Bertz CT molecular complexity index is 1130. The number of halogens is 2. The molecule has 1 heterocycles. The van der Waals surface area contributed by atoms with Crippen molar-refractivity contribution < 1.29 is 8.81 Å². The van der Waals surface area contributed by atoms with Crippen LogP contribution < -0.4 is 5.32 Å². The zero-order chi connectivity index (χ0) is 23.4. The molecule has 172 valence electrons. The molecule has 0 spiro atoms. The topological polar surface area (TPSA) is 63.3 Å². The van der Waals surface area contributed by atoms with Crippen LogP contribution in [0.1, 0.15) is 45.1 Å². The molecule has 1 atom stereocenters. The van der Waals surface area contributed by atoms with Gasteiger partial charge in [-0.15, -0.1) is 5.10 Å². The van der Waals surface area contributed by atoms with Gasteiger partial charge in [0.15, 0.2) is 0 Å². The van der Waals surface area contributed by atoms with Gasteiger partial charge in [-0.1, -0.05) is 22.8 Å². The van der Waals surface area contributed by atoms with Crippen LogP contribution in [0.4, 0.5) is 16.1 Å². The van der Waals surface area contributed by atoms with E-state index in [9.17, 15) is 4.39 Å². The van der Waals surface area contributed by atoms with Crippen LogP contribution in [-0.4, -0.2) is 23.0 Å². The number of nitrogens with zero attached hydrogens (tertiary/aromatic N) is 3. The molecule has 1 aliphatic carbocycles. The van der Waals surface area contributed by atoms with Crippen LogP contribution in [0.3, 0.4) is 0 Å². The molecule has 4 rings (SSSR count). The molecular formula is C26H28ClFN4O. The third-order valence-electron chi connectivity index (χ3n) is 6.54. The lowest BCUT2D eigenvalue weighted by Crippen LogP contribution is -2.30. The maximum absolute atomic E-state index is 13.9. The minimum absolute atomic E-state index is 0.193. The summed E-state index contributed by atoms with van der Waals surface area (Å²) in [5, 5.41) is 12.3. The Labute approximate surface area is 198 Å². The maximum atomic E-state index is 13.9. The van der Waals surface area contributed by atoms with Crippen LogP contribution in [0.15, 0.2) is 58.0 Å². The lowest BCUT2D eigenvalue weighted by atomic mass is 9.74. The predicted octanol–water partition coefficient (Wildman–Crippen LogP) is 7.57. The minimum Gasteiger partial charge on any atom is -0.403 e. The molecule has 0 unspecified atom stereocenters. The van der Waals surface area contributed by atoms with Gasteiger partial charge in [-0.25, -0.2) is 4.39 Å². The number of nitrogens with one attached hydrogen (secondary N) is 1. The first-order valence-corrected chi connectivity index (χ1v) is 11.6. The summed E-state index contributed by atoms with van der Waals surface area (Å²) in [5.41, 5.74) is 3.57. The van der Waals surface area contributed by atoms with Gasteiger partial charge < -0.3 is 9.73 Å². The standard InChI is InChI=1S/C26H28ClFN4O/c1-4-22(23-15-21(28)13-14-24(23)29-3)18-7-5-17(6-8-18)16(2)30-26-32-31-25(33-26)19-9-11-20(27)12-10-19/h4,9-18H,3,5-8H2,1-2H3,(H,30,32)/b22-4-/t16-,17-,18+/m1/s1. The van der Waals surface area contributed by atoms with Crippen molar-refractivity contribution in [3.8, 4) is 11.5 Å². The van der Waals surface area contributed by atoms with E-state index in [0.717, 1.165) is 48.1 Å². The largest absolute Gasteiger partial charge is 0.403 e. The van der Waals surface area contributed by atoms with Crippen LogP contribution in [0.25, 0.3) is 17.0 Å². The second kappa shape index (κ2) is 10.3. The number of hydrogen-bond donors (Lipinski definition) is 1. The van der Waals surface area contributed by atoms with E-state index in [2.05, 4.69) is 40.2 Å². The summed E-state index contributed by atoms with van der Waals surface area (Å²) >= 11 is 5.95. The van der Waals surface area contributed by atoms with Gasteiger partial charge in [0.05, 0.1) is 5.69 Å². The van der Waals surface area contributed by atoms with Crippen LogP contribution in [0.2, 0.25) is 5.02 Å². The fourth-order valence-corrected chi connectivity index (χ4v) is 4.85. The first kappa shape index (κ1) is 23.2. The van der Waals surface area contributed by atoms with Crippen molar-refractivity contribution in [1.82, 2.24) is 10.2 Å². The van der Waals surface area contributed by atoms with E-state index in [-0.39, 0.29) is 11.9 Å². The highest BCUT2D eigenvalue weighted by Crippen LogP contribution is 2.41. The fourth-order valence-electron chi connectivity index (χ4n) is 4.72. The van der Waals surface area contributed by atoms with E-state index in [1.165, 1.54) is 6.07 Å². The lowest BCUT2D eigenvalue weighted by molar-refractivity contribution is 0.290. The smallest absolute Gasteiger partial charge is 0.315 e. The third kappa shape index (κ3) is 5.33. The predicted molar refractivity (Wildman–Crippen MR) is 133 cm³/mol. The third-order valence-corrected chi connectivity index (χ3v) is 6.79. The zero-order valence-electron chi connectivity index (χ0n) is 18.9. The van der Waals surface area contributed by atoms with E-state index in [4.69, 9.17) is 16.0 Å². The van der Waals surface area contributed by atoms with Crippen molar-refractivity contribution >= 4 is 35.6 Å². The molecular weight excluding hydrogens is 439 g/mol. The normalized spacial score (nSPS) is 19.8. The highest BCUT2D eigenvalue weighted by atomic mass is 35.5. The Hall–Kier alpha value is -2.99. The van der Waals surface area contributed by atoms with Crippen molar-refractivity contribution in [1.29, 1.82) is 0 Å². The van der Waals surface area contributed by atoms with Crippen molar-refractivity contribution in [2.45, 2.75) is 45.6 Å². The molecule has 1 N–H and O–H groups in total. The Kier molecular flexibility index (Phi) is 7.23. The van der Waals surface area contributed by atoms with Gasteiger partial charge in [-0.2, -0.15) is 0 Å². The Morgan fingerprint density at radius 3 is 2.58 bits per heavy atom. The second-order valence-electron chi connectivity index (χ2n) is 8.53. The average molecular weight is 467 g/mol. The van der Waals surface area contributed by atoms with Crippen molar-refractivity contribution in [2.24, 2.45) is 16.8 Å². The van der Waals surface area contributed by atoms with Gasteiger partial charge in [0.25, 0.3) is 0 Å². The molecule has 0 radical (unpaired) electrons. The molecule has 33 heavy (non-hydrogen) atoms. The van der Waals surface area contributed by atoms with Crippen LogP contribution in [-0.2, 0) is 0 Å². The van der Waals surface area contributed by atoms with Gasteiger partial charge in [0, 0.05) is 22.2 Å². The Morgan fingerprint density at radius 1 is 1.18 bits per heavy atom. The van der Waals surface area contributed by atoms with Crippen LogP contribution in [0.5, 0.6) is 0 Å². The average Bonchev–Trinajstić information content (AvgIpc) is 3.29. The molecule has 0 bridgehead atoms. The zero-order valence-corrected chi connectivity index (χ0v) is 19.6. The molecule has 1 aliphatic rings. The Morgan fingerprint density at radius 2 is 1.91 bits per heavy atom. The maximum Gasteiger partial charge on any atom is 0.315 e. The molecule has 5 nitrogen and oxygen atoms in total. The summed E-state index contributed by atoms with van der Waals surface area (Å²) in [6.07, 6.45) is 6.26. The number of allylic oxidation sites excluding steroid dienone is 2. The number of anilines is 1. The first-order chi connectivity index (χ1) is 16.0. The van der Waals surface area contributed by atoms with Crippen LogP contribution >= 0.6 is 11.6 Å². The van der Waals surface area contributed by atoms with Gasteiger partial charge >= 0.3 is 6.01 Å². The van der Waals surface area contributed by atoms with Crippen molar-refractivity contribution in [3.63, 3.8) is 0 Å². The van der Waals surface area contributed by atoms with Crippen LogP contribution in [0, 0.1) is 17.7 Å². The SMILES string of the molecule is C=Nc1ccc(F)cc1/C(=C\C)[C@H]1CC[C@@H]([C@@H](C)Nc2nnc(-c3ccc(Cl)cc3)o2)CC1. The number of hydrogen-bond acceptors (Lipinski definition) is 5. The van der Waals surface area contributed by atoms with E-state index < -0.39 is 0 Å². The Balaban J connectivity index is 1.37. The van der Waals surface area contributed by atoms with Crippen molar-refractivity contribution in [2.75, 3.05) is 5.32 Å². The summed E-state index contributed by atoms with van der Waals surface area (Å²) in [7, 11) is 0.